The maximum Gasteiger partial charge on any atom is 0.262 e. The van der Waals surface area contributed by atoms with Crippen molar-refractivity contribution in [1.29, 1.82) is 0 Å². The van der Waals surface area contributed by atoms with E-state index in [1.54, 1.807) is 17.7 Å². The third-order valence-electron chi connectivity index (χ3n) is 4.34. The lowest BCUT2D eigenvalue weighted by molar-refractivity contribution is 0.104. The lowest BCUT2D eigenvalue weighted by atomic mass is 9.93. The van der Waals surface area contributed by atoms with Crippen molar-refractivity contribution in [2.75, 3.05) is 0 Å². The molecule has 0 N–H and O–H groups in total. The Bertz CT molecular complexity index is 1130. The highest BCUT2D eigenvalue weighted by Crippen LogP contribution is 2.31. The quantitative estimate of drug-likeness (QED) is 0.513. The number of para-hydroxylation sites is 1. The van der Waals surface area contributed by atoms with Gasteiger partial charge in [0.2, 0.25) is 5.78 Å². The highest BCUT2D eigenvalue weighted by atomic mass is 32.1. The number of thiophene rings is 1. The van der Waals surface area contributed by atoms with Gasteiger partial charge in [-0.2, -0.15) is 0 Å². The van der Waals surface area contributed by atoms with Crippen molar-refractivity contribution in [1.82, 2.24) is 4.57 Å². The molecule has 0 saturated heterocycles. The topological polar surface area (TPSA) is 39.1 Å². The minimum atomic E-state index is -0.268. The molecule has 0 aliphatic rings. The summed E-state index contributed by atoms with van der Waals surface area (Å²) in [7, 11) is 1.71. The molecule has 122 valence electrons. The molecule has 4 aromatic rings. The zero-order chi connectivity index (χ0) is 17.4. The van der Waals surface area contributed by atoms with Gasteiger partial charge in [-0.05, 0) is 23.1 Å². The van der Waals surface area contributed by atoms with Crippen molar-refractivity contribution in [2.45, 2.75) is 0 Å². The SMILES string of the molecule is Cn1c(=O)c(C(=O)c2cccs2)c(-c2ccccc2)c2ccccc21. The Morgan fingerprint density at radius 3 is 2.36 bits per heavy atom. The first-order valence-electron chi connectivity index (χ1n) is 7.94. The summed E-state index contributed by atoms with van der Waals surface area (Å²) in [6.07, 6.45) is 0. The van der Waals surface area contributed by atoms with Crippen LogP contribution in [0.15, 0.2) is 76.9 Å². The van der Waals surface area contributed by atoms with Crippen LogP contribution in [-0.4, -0.2) is 10.4 Å². The van der Waals surface area contributed by atoms with Gasteiger partial charge in [-0.3, -0.25) is 9.59 Å². The molecule has 0 unspecified atom stereocenters. The molecule has 0 radical (unpaired) electrons. The number of hydrogen-bond acceptors (Lipinski definition) is 3. The maximum absolute atomic E-state index is 13.1. The largest absolute Gasteiger partial charge is 0.311 e. The first-order valence-corrected chi connectivity index (χ1v) is 8.82. The summed E-state index contributed by atoms with van der Waals surface area (Å²) in [5, 5.41) is 2.75. The lowest BCUT2D eigenvalue weighted by Crippen LogP contribution is -2.26. The van der Waals surface area contributed by atoms with Crippen molar-refractivity contribution in [3.8, 4) is 11.1 Å². The zero-order valence-electron chi connectivity index (χ0n) is 13.6. The van der Waals surface area contributed by atoms with E-state index in [2.05, 4.69) is 0 Å². The molecule has 0 fully saturated rings. The van der Waals surface area contributed by atoms with Gasteiger partial charge in [0.1, 0.15) is 0 Å². The van der Waals surface area contributed by atoms with Crippen molar-refractivity contribution in [2.24, 2.45) is 7.05 Å². The standard InChI is InChI=1S/C21H15NO2S/c1-22-16-11-6-5-10-15(16)18(14-8-3-2-4-9-14)19(21(22)24)20(23)17-12-7-13-25-17/h2-13H,1H3. The molecule has 0 aliphatic heterocycles. The number of aryl methyl sites for hydroxylation is 1. The van der Waals surface area contributed by atoms with Gasteiger partial charge in [0, 0.05) is 18.0 Å². The molecular formula is C21H15NO2S. The van der Waals surface area contributed by atoms with Crippen LogP contribution >= 0.6 is 11.3 Å². The molecule has 2 aromatic heterocycles. The molecule has 2 heterocycles. The van der Waals surface area contributed by atoms with Crippen LogP contribution in [0.1, 0.15) is 15.2 Å². The number of pyridine rings is 1. The van der Waals surface area contributed by atoms with Gasteiger partial charge in [0.15, 0.2) is 0 Å². The number of aromatic nitrogens is 1. The Hall–Kier alpha value is -2.98. The summed E-state index contributed by atoms with van der Waals surface area (Å²) >= 11 is 1.35. The number of fused-ring (bicyclic) bond motifs is 1. The predicted octanol–water partition coefficient (Wildman–Crippen LogP) is 4.50. The van der Waals surface area contributed by atoms with Gasteiger partial charge < -0.3 is 4.57 Å². The van der Waals surface area contributed by atoms with E-state index in [1.165, 1.54) is 11.3 Å². The monoisotopic (exact) mass is 345 g/mol. The van der Waals surface area contributed by atoms with E-state index in [0.717, 1.165) is 16.5 Å². The number of hydrogen-bond donors (Lipinski definition) is 0. The van der Waals surface area contributed by atoms with Crippen LogP contribution in [0.25, 0.3) is 22.0 Å². The fourth-order valence-corrected chi connectivity index (χ4v) is 3.81. The predicted molar refractivity (Wildman–Crippen MR) is 102 cm³/mol. The molecule has 3 nitrogen and oxygen atoms in total. The van der Waals surface area contributed by atoms with Gasteiger partial charge in [0.25, 0.3) is 5.56 Å². The minimum absolute atomic E-state index is 0.222. The van der Waals surface area contributed by atoms with Crippen LogP contribution in [0.4, 0.5) is 0 Å². The highest BCUT2D eigenvalue weighted by molar-refractivity contribution is 7.12. The number of rotatable bonds is 3. The average Bonchev–Trinajstić information content (AvgIpc) is 3.19. The Labute approximate surface area is 148 Å². The molecule has 4 heteroatoms. The number of benzene rings is 2. The second kappa shape index (κ2) is 6.15. The first-order chi connectivity index (χ1) is 12.2. The third-order valence-corrected chi connectivity index (χ3v) is 5.21. The summed E-state index contributed by atoms with van der Waals surface area (Å²) < 4.78 is 1.56. The van der Waals surface area contributed by atoms with Crippen LogP contribution in [0, 0.1) is 0 Å². The first kappa shape index (κ1) is 15.5. The van der Waals surface area contributed by atoms with Crippen molar-refractivity contribution < 1.29 is 4.79 Å². The molecule has 0 amide bonds. The summed E-state index contributed by atoms with van der Waals surface area (Å²) in [6, 6.07) is 20.9. The van der Waals surface area contributed by atoms with E-state index in [0.29, 0.717) is 10.4 Å². The molecule has 0 spiro atoms. The van der Waals surface area contributed by atoms with E-state index >= 15 is 0 Å². The third kappa shape index (κ3) is 2.51. The fourth-order valence-electron chi connectivity index (χ4n) is 3.14. The van der Waals surface area contributed by atoms with Crippen LogP contribution in [0.5, 0.6) is 0 Å². The van der Waals surface area contributed by atoms with Crippen molar-refractivity contribution in [3.05, 3.63) is 92.9 Å². The molecule has 0 atom stereocenters. The summed E-state index contributed by atoms with van der Waals surface area (Å²) in [5.74, 6) is -0.222. The highest BCUT2D eigenvalue weighted by Gasteiger charge is 2.23. The van der Waals surface area contributed by atoms with Gasteiger partial charge in [-0.1, -0.05) is 54.6 Å². The number of carbonyl (C=O) groups excluding carboxylic acids is 1. The Morgan fingerprint density at radius 1 is 0.920 bits per heavy atom. The molecule has 0 aliphatic carbocycles. The fraction of sp³-hybridized carbons (Fsp3) is 0.0476. The summed E-state index contributed by atoms with van der Waals surface area (Å²) in [4.78, 5) is 26.7. The Balaban J connectivity index is 2.16. The van der Waals surface area contributed by atoms with Crippen molar-refractivity contribution in [3.63, 3.8) is 0 Å². The second-order valence-corrected chi connectivity index (χ2v) is 6.75. The summed E-state index contributed by atoms with van der Waals surface area (Å²) in [5.41, 5.74) is 2.36. The Kier molecular flexibility index (Phi) is 3.82. The molecule has 0 bridgehead atoms. The van der Waals surface area contributed by atoms with Gasteiger partial charge in [-0.25, -0.2) is 0 Å². The second-order valence-electron chi connectivity index (χ2n) is 5.80. The minimum Gasteiger partial charge on any atom is -0.311 e. The summed E-state index contributed by atoms with van der Waals surface area (Å²) in [6.45, 7) is 0. The van der Waals surface area contributed by atoms with Gasteiger partial charge >= 0.3 is 0 Å². The lowest BCUT2D eigenvalue weighted by Gasteiger charge is -2.15. The van der Waals surface area contributed by atoms with Crippen LogP contribution in [0.2, 0.25) is 0 Å². The number of carbonyl (C=O) groups is 1. The zero-order valence-corrected chi connectivity index (χ0v) is 14.4. The molecular weight excluding hydrogens is 330 g/mol. The molecule has 25 heavy (non-hydrogen) atoms. The van der Waals surface area contributed by atoms with E-state index in [9.17, 15) is 9.59 Å². The smallest absolute Gasteiger partial charge is 0.262 e. The molecule has 4 rings (SSSR count). The van der Waals surface area contributed by atoms with E-state index in [1.807, 2.05) is 66.0 Å². The number of ketones is 1. The van der Waals surface area contributed by atoms with Crippen molar-refractivity contribution >= 4 is 28.0 Å². The molecule has 2 aromatic carbocycles. The number of nitrogens with zero attached hydrogens (tertiary/aromatic N) is 1. The maximum atomic E-state index is 13.1. The van der Waals surface area contributed by atoms with Crippen LogP contribution in [0.3, 0.4) is 0 Å². The van der Waals surface area contributed by atoms with Gasteiger partial charge in [0.05, 0.1) is 16.0 Å². The van der Waals surface area contributed by atoms with Crippen LogP contribution < -0.4 is 5.56 Å². The normalized spacial score (nSPS) is 10.9. The van der Waals surface area contributed by atoms with E-state index < -0.39 is 0 Å². The molecule has 0 saturated carbocycles. The average molecular weight is 345 g/mol. The van der Waals surface area contributed by atoms with Gasteiger partial charge in [-0.15, -0.1) is 11.3 Å². The van der Waals surface area contributed by atoms with E-state index in [4.69, 9.17) is 0 Å². The Morgan fingerprint density at radius 2 is 1.64 bits per heavy atom. The van der Waals surface area contributed by atoms with E-state index in [-0.39, 0.29) is 16.9 Å². The van der Waals surface area contributed by atoms with Crippen LogP contribution in [-0.2, 0) is 7.05 Å².